The maximum atomic E-state index is 14.9. The van der Waals surface area contributed by atoms with E-state index in [1.54, 1.807) is 12.1 Å². The number of primary sulfonamides is 1. The maximum Gasteiger partial charge on any atom is 0.355 e. The lowest BCUT2D eigenvalue weighted by molar-refractivity contribution is 0.0691. The van der Waals surface area contributed by atoms with Crippen molar-refractivity contribution >= 4 is 33.2 Å². The molecule has 5 N–H and O–H groups in total. The van der Waals surface area contributed by atoms with E-state index < -0.39 is 32.6 Å². The zero-order valence-electron chi connectivity index (χ0n) is 23.2. The smallest absolute Gasteiger partial charge is 0.355 e. The third-order valence-electron chi connectivity index (χ3n) is 7.65. The molecule has 0 unspecified atom stereocenters. The Morgan fingerprint density at radius 1 is 1.00 bits per heavy atom. The standard InChI is InChI=1S/C32H27FN4O5S2/c33-25-12-19(6-11-29(25)44(35,41)42)16-37-27(23-3-1-2-22(14-23)20-7-9-21(10-8-20)30(34)38)15-24(28(37)13-18-4-5-18)31-36-26(17-43-31)32(39)40/h1-3,6-12,14-15,17-18H,4-5,13,16H2,(H2,34,38)(H,39,40)(H2,35,41,42). The van der Waals surface area contributed by atoms with Crippen molar-refractivity contribution in [2.24, 2.45) is 16.8 Å². The molecule has 0 aliphatic heterocycles. The van der Waals surface area contributed by atoms with Crippen LogP contribution in [0.4, 0.5) is 4.39 Å². The van der Waals surface area contributed by atoms with Gasteiger partial charge in [0.15, 0.2) is 5.69 Å². The third kappa shape index (κ3) is 6.05. The van der Waals surface area contributed by atoms with Crippen molar-refractivity contribution in [3.63, 3.8) is 0 Å². The number of hydrogen-bond donors (Lipinski definition) is 3. The summed E-state index contributed by atoms with van der Waals surface area (Å²) in [6, 6.07) is 20.7. The molecular weight excluding hydrogens is 604 g/mol. The fourth-order valence-electron chi connectivity index (χ4n) is 5.25. The Morgan fingerprint density at radius 3 is 2.34 bits per heavy atom. The number of nitrogens with two attached hydrogens (primary N) is 2. The van der Waals surface area contributed by atoms with E-state index in [1.165, 1.54) is 34.9 Å². The summed E-state index contributed by atoms with van der Waals surface area (Å²) in [5.41, 5.74) is 11.4. The van der Waals surface area contributed by atoms with E-state index in [2.05, 4.69) is 9.55 Å². The van der Waals surface area contributed by atoms with Gasteiger partial charge in [-0.3, -0.25) is 4.79 Å². The monoisotopic (exact) mass is 630 g/mol. The van der Waals surface area contributed by atoms with Crippen molar-refractivity contribution < 1.29 is 27.5 Å². The molecule has 6 rings (SSSR count). The normalized spacial score (nSPS) is 13.2. The highest BCUT2D eigenvalue weighted by molar-refractivity contribution is 7.89. The van der Waals surface area contributed by atoms with Crippen LogP contribution in [0.5, 0.6) is 0 Å². The van der Waals surface area contributed by atoms with E-state index in [4.69, 9.17) is 10.9 Å². The number of rotatable bonds is 10. The molecule has 9 nitrogen and oxygen atoms in total. The molecule has 0 radical (unpaired) electrons. The molecule has 2 heterocycles. The number of amides is 1. The van der Waals surface area contributed by atoms with Crippen molar-refractivity contribution in [3.8, 4) is 33.0 Å². The van der Waals surface area contributed by atoms with Crippen molar-refractivity contribution in [2.75, 3.05) is 0 Å². The molecule has 3 aromatic carbocycles. The van der Waals surface area contributed by atoms with Crippen LogP contribution in [0, 0.1) is 11.7 Å². The molecule has 12 heteroatoms. The number of nitrogens with zero attached hydrogens (tertiary/aromatic N) is 2. The number of benzene rings is 3. The predicted octanol–water partition coefficient (Wildman–Crippen LogP) is 5.53. The van der Waals surface area contributed by atoms with Crippen LogP contribution in [-0.4, -0.2) is 35.0 Å². The second-order valence-corrected chi connectivity index (χ2v) is 13.2. The highest BCUT2D eigenvalue weighted by atomic mass is 32.2. The summed E-state index contributed by atoms with van der Waals surface area (Å²) in [7, 11) is -4.23. The Morgan fingerprint density at radius 2 is 1.73 bits per heavy atom. The largest absolute Gasteiger partial charge is 0.476 e. The van der Waals surface area contributed by atoms with Gasteiger partial charge < -0.3 is 15.4 Å². The summed E-state index contributed by atoms with van der Waals surface area (Å²) in [6.07, 6.45) is 2.84. The van der Waals surface area contributed by atoms with Crippen molar-refractivity contribution in [2.45, 2.75) is 30.7 Å². The number of aromatic carboxylic acids is 1. The molecule has 1 amide bonds. The van der Waals surface area contributed by atoms with E-state index in [0.717, 1.165) is 46.5 Å². The molecule has 1 fully saturated rings. The van der Waals surface area contributed by atoms with Gasteiger partial charge in [-0.15, -0.1) is 11.3 Å². The molecular formula is C32H27FN4O5S2. The maximum absolute atomic E-state index is 14.9. The lowest BCUT2D eigenvalue weighted by Crippen LogP contribution is -2.14. The summed E-state index contributed by atoms with van der Waals surface area (Å²) in [5, 5.41) is 16.8. The number of carboxylic acids is 1. The first-order chi connectivity index (χ1) is 21.0. The minimum Gasteiger partial charge on any atom is -0.476 e. The summed E-state index contributed by atoms with van der Waals surface area (Å²) in [5.74, 6) is -2.11. The molecule has 1 saturated carbocycles. The van der Waals surface area contributed by atoms with Crippen molar-refractivity contribution in [3.05, 3.63) is 107 Å². The number of carbonyl (C=O) groups is 2. The van der Waals surface area contributed by atoms with E-state index in [0.29, 0.717) is 28.5 Å². The van der Waals surface area contributed by atoms with Gasteiger partial charge in [-0.25, -0.2) is 27.7 Å². The van der Waals surface area contributed by atoms with Gasteiger partial charge in [-0.2, -0.15) is 0 Å². The number of aromatic nitrogens is 2. The van der Waals surface area contributed by atoms with Gasteiger partial charge in [-0.1, -0.05) is 36.4 Å². The number of carbonyl (C=O) groups excluding carboxylic acids is 1. The zero-order chi connectivity index (χ0) is 31.2. The molecule has 0 spiro atoms. The molecule has 2 aromatic heterocycles. The molecule has 0 bridgehead atoms. The average Bonchev–Trinajstić information content (AvgIpc) is 3.54. The summed E-state index contributed by atoms with van der Waals surface area (Å²) < 4.78 is 40.6. The fraction of sp³-hybridized carbons (Fsp3) is 0.156. The first kappa shape index (κ1) is 29.4. The first-order valence-corrected chi connectivity index (χ1v) is 16.1. The van der Waals surface area contributed by atoms with Gasteiger partial charge in [0.2, 0.25) is 15.9 Å². The minimum absolute atomic E-state index is 0.0428. The van der Waals surface area contributed by atoms with E-state index in [1.807, 2.05) is 42.5 Å². The average molecular weight is 631 g/mol. The number of carboxylic acid groups (broad SMARTS) is 1. The Balaban J connectivity index is 1.51. The third-order valence-corrected chi connectivity index (χ3v) is 9.47. The first-order valence-electron chi connectivity index (χ1n) is 13.7. The van der Waals surface area contributed by atoms with Crippen molar-refractivity contribution in [1.29, 1.82) is 0 Å². The lowest BCUT2D eigenvalue weighted by atomic mass is 10.0. The van der Waals surface area contributed by atoms with Gasteiger partial charge >= 0.3 is 5.97 Å². The minimum atomic E-state index is -4.23. The molecule has 1 aliphatic carbocycles. The number of thiazole rings is 1. The predicted molar refractivity (Wildman–Crippen MR) is 165 cm³/mol. The van der Waals surface area contributed by atoms with Crippen LogP contribution in [0.3, 0.4) is 0 Å². The highest BCUT2D eigenvalue weighted by Gasteiger charge is 2.28. The lowest BCUT2D eigenvalue weighted by Gasteiger charge is -2.16. The quantitative estimate of drug-likeness (QED) is 0.184. The van der Waals surface area contributed by atoms with Crippen LogP contribution < -0.4 is 10.9 Å². The van der Waals surface area contributed by atoms with E-state index in [-0.39, 0.29) is 12.2 Å². The molecule has 0 saturated heterocycles. The molecule has 224 valence electrons. The zero-order valence-corrected chi connectivity index (χ0v) is 24.9. The number of primary amides is 1. The number of hydrogen-bond acceptors (Lipinski definition) is 6. The van der Waals surface area contributed by atoms with Gasteiger partial charge in [0.25, 0.3) is 0 Å². The summed E-state index contributed by atoms with van der Waals surface area (Å²) >= 11 is 1.24. The second-order valence-electron chi connectivity index (χ2n) is 10.8. The van der Waals surface area contributed by atoms with Gasteiger partial charge in [-0.05, 0) is 83.8 Å². The second kappa shape index (κ2) is 11.5. The Bertz CT molecular complexity index is 2030. The van der Waals surface area contributed by atoms with Crippen molar-refractivity contribution in [1.82, 2.24) is 9.55 Å². The van der Waals surface area contributed by atoms with Crippen LogP contribution in [0.1, 0.15) is 44.9 Å². The molecule has 0 atom stereocenters. The van der Waals surface area contributed by atoms with E-state index in [9.17, 15) is 27.5 Å². The fourth-order valence-corrected chi connectivity index (χ4v) is 6.67. The van der Waals surface area contributed by atoms with Crippen LogP contribution in [-0.2, 0) is 23.0 Å². The summed E-state index contributed by atoms with van der Waals surface area (Å²) in [6.45, 7) is 0.216. The van der Waals surface area contributed by atoms with Gasteiger partial charge in [0, 0.05) is 34.4 Å². The SMILES string of the molecule is NC(=O)c1ccc(-c2cccc(-c3cc(-c4nc(C(=O)O)cs4)c(CC4CC4)n3Cc3ccc(S(N)(=O)=O)c(F)c3)c2)cc1. The topological polar surface area (TPSA) is 158 Å². The molecule has 1 aliphatic rings. The number of halogens is 1. The van der Waals surface area contributed by atoms with Crippen LogP contribution in [0.2, 0.25) is 0 Å². The molecule has 5 aromatic rings. The summed E-state index contributed by atoms with van der Waals surface area (Å²) in [4.78, 5) is 27.0. The van der Waals surface area contributed by atoms with Crippen LogP contribution in [0.25, 0.3) is 33.0 Å². The Hall–Kier alpha value is -4.65. The Kier molecular flexibility index (Phi) is 7.66. The van der Waals surface area contributed by atoms with E-state index >= 15 is 0 Å². The molecule has 44 heavy (non-hydrogen) atoms. The van der Waals surface area contributed by atoms with Crippen LogP contribution >= 0.6 is 11.3 Å². The number of sulfonamides is 1. The van der Waals surface area contributed by atoms with Gasteiger partial charge in [0.1, 0.15) is 15.7 Å². The van der Waals surface area contributed by atoms with Gasteiger partial charge in [0.05, 0.1) is 0 Å². The van der Waals surface area contributed by atoms with Crippen LogP contribution in [0.15, 0.2) is 83.1 Å². The Labute approximate surface area is 256 Å². The highest BCUT2D eigenvalue weighted by Crippen LogP contribution is 2.41.